The Morgan fingerprint density at radius 3 is 2.03 bits per heavy atom. The quantitative estimate of drug-likeness (QED) is 0.592. The Hall–Kier alpha value is -3.28. The second-order valence-electron chi connectivity index (χ2n) is 8.15. The van der Waals surface area contributed by atoms with Gasteiger partial charge < -0.3 is 14.8 Å². The van der Waals surface area contributed by atoms with Gasteiger partial charge in [0.2, 0.25) is 0 Å². The molecule has 1 aliphatic heterocycles. The Kier molecular flexibility index (Phi) is 7.00. The van der Waals surface area contributed by atoms with Gasteiger partial charge in [-0.25, -0.2) is 0 Å². The number of hydrogen-bond acceptors (Lipinski definition) is 5. The Morgan fingerprint density at radius 1 is 0.871 bits per heavy atom. The van der Waals surface area contributed by atoms with Crippen molar-refractivity contribution in [3.63, 3.8) is 0 Å². The molecule has 0 unspecified atom stereocenters. The molecule has 0 aliphatic carbocycles. The molecule has 0 fully saturated rings. The van der Waals surface area contributed by atoms with Crippen molar-refractivity contribution in [1.82, 2.24) is 4.90 Å². The van der Waals surface area contributed by atoms with Crippen molar-refractivity contribution >= 4 is 23.1 Å². The third-order valence-electron chi connectivity index (χ3n) is 4.71. The van der Waals surface area contributed by atoms with Crippen LogP contribution in [0.4, 0.5) is 5.69 Å². The van der Waals surface area contributed by atoms with E-state index in [1.165, 1.54) is 4.90 Å². The van der Waals surface area contributed by atoms with E-state index in [9.17, 15) is 9.59 Å². The highest BCUT2D eigenvalue weighted by molar-refractivity contribution is 6.36. The molecular weight excluding hydrogens is 392 g/mol. The van der Waals surface area contributed by atoms with Gasteiger partial charge in [-0.15, -0.1) is 0 Å². The van der Waals surface area contributed by atoms with E-state index in [1.54, 1.807) is 6.92 Å². The molecule has 0 saturated carbocycles. The first kappa shape index (κ1) is 22.4. The van der Waals surface area contributed by atoms with Crippen molar-refractivity contribution in [2.45, 2.75) is 40.7 Å². The maximum atomic E-state index is 13.0. The number of carbonyl (C=O) groups excluding carboxylic acids is 2. The average molecular weight is 423 g/mol. The summed E-state index contributed by atoms with van der Waals surface area (Å²) in [6.45, 7) is 10.8. The monoisotopic (exact) mass is 422 g/mol. The largest absolute Gasteiger partial charge is 0.493 e. The van der Waals surface area contributed by atoms with E-state index in [4.69, 9.17) is 9.47 Å². The van der Waals surface area contributed by atoms with E-state index in [1.807, 2.05) is 62.4 Å². The SMILES string of the molecule is CCN1C(=O)C(Nc2ccc(OC(C)C)cc2)=C(c2ccc(OCC(C)C)cc2)C1=O. The number of nitrogens with one attached hydrogen (secondary N) is 1. The van der Waals surface area contributed by atoms with Gasteiger partial charge in [0.05, 0.1) is 18.3 Å². The summed E-state index contributed by atoms with van der Waals surface area (Å²) in [4.78, 5) is 27.2. The van der Waals surface area contributed by atoms with Crippen LogP contribution in [0.25, 0.3) is 5.57 Å². The second kappa shape index (κ2) is 9.69. The minimum Gasteiger partial charge on any atom is -0.493 e. The van der Waals surface area contributed by atoms with Crippen LogP contribution in [-0.2, 0) is 9.59 Å². The van der Waals surface area contributed by atoms with Crippen molar-refractivity contribution < 1.29 is 19.1 Å². The van der Waals surface area contributed by atoms with E-state index < -0.39 is 0 Å². The van der Waals surface area contributed by atoms with Crippen LogP contribution in [0.2, 0.25) is 0 Å². The van der Waals surface area contributed by atoms with Gasteiger partial charge in [-0.2, -0.15) is 0 Å². The standard InChI is InChI=1S/C25H30N2O4/c1-6-27-24(28)22(18-7-11-20(12-8-18)30-15-16(2)3)23(25(27)29)26-19-9-13-21(14-10-19)31-17(4)5/h7-14,16-17,26H,6,15H2,1-5H3. The minimum atomic E-state index is -0.329. The fraction of sp³-hybridized carbons (Fsp3) is 0.360. The average Bonchev–Trinajstić information content (AvgIpc) is 2.97. The normalized spacial score (nSPS) is 14.1. The molecule has 3 rings (SSSR count). The number of benzene rings is 2. The summed E-state index contributed by atoms with van der Waals surface area (Å²) in [5, 5.41) is 3.15. The van der Waals surface area contributed by atoms with Crippen LogP contribution >= 0.6 is 0 Å². The molecule has 0 spiro atoms. The summed E-state index contributed by atoms with van der Waals surface area (Å²) in [5.41, 5.74) is 2.03. The van der Waals surface area contributed by atoms with Gasteiger partial charge >= 0.3 is 0 Å². The molecule has 0 atom stereocenters. The summed E-state index contributed by atoms with van der Waals surface area (Å²) in [7, 11) is 0. The van der Waals surface area contributed by atoms with Gasteiger partial charge in [0.15, 0.2) is 0 Å². The number of rotatable bonds is 9. The molecule has 0 aromatic heterocycles. The summed E-state index contributed by atoms with van der Waals surface area (Å²) in [5.74, 6) is 1.27. The summed E-state index contributed by atoms with van der Waals surface area (Å²) in [6, 6.07) is 14.6. The molecular formula is C25H30N2O4. The highest BCUT2D eigenvalue weighted by Gasteiger charge is 2.38. The maximum Gasteiger partial charge on any atom is 0.278 e. The van der Waals surface area contributed by atoms with Gasteiger partial charge in [0.1, 0.15) is 17.2 Å². The van der Waals surface area contributed by atoms with E-state index in [-0.39, 0.29) is 23.6 Å². The molecule has 2 aromatic carbocycles. The third-order valence-corrected chi connectivity index (χ3v) is 4.71. The topological polar surface area (TPSA) is 67.9 Å². The first-order valence-electron chi connectivity index (χ1n) is 10.7. The highest BCUT2D eigenvalue weighted by Crippen LogP contribution is 2.31. The lowest BCUT2D eigenvalue weighted by Gasteiger charge is -2.13. The number of carbonyl (C=O) groups is 2. The predicted octanol–water partition coefficient (Wildman–Crippen LogP) is 4.72. The van der Waals surface area contributed by atoms with Gasteiger partial charge in [0, 0.05) is 12.2 Å². The second-order valence-corrected chi connectivity index (χ2v) is 8.15. The van der Waals surface area contributed by atoms with E-state index >= 15 is 0 Å². The van der Waals surface area contributed by atoms with Crippen molar-refractivity contribution in [3.8, 4) is 11.5 Å². The number of likely N-dealkylation sites (N-methyl/N-ethyl adjacent to an activating group) is 1. The number of amides is 2. The van der Waals surface area contributed by atoms with Crippen molar-refractivity contribution in [2.24, 2.45) is 5.92 Å². The Bertz CT molecular complexity index is 960. The van der Waals surface area contributed by atoms with Gasteiger partial charge in [-0.3, -0.25) is 14.5 Å². The summed E-state index contributed by atoms with van der Waals surface area (Å²) < 4.78 is 11.4. The Labute approximate surface area is 183 Å². The molecule has 6 heteroatoms. The Balaban J connectivity index is 1.89. The molecule has 2 aromatic rings. The van der Waals surface area contributed by atoms with Crippen molar-refractivity contribution in [3.05, 3.63) is 59.8 Å². The zero-order valence-electron chi connectivity index (χ0n) is 18.8. The first-order valence-corrected chi connectivity index (χ1v) is 10.7. The van der Waals surface area contributed by atoms with E-state index in [0.717, 1.165) is 11.5 Å². The maximum absolute atomic E-state index is 13.0. The van der Waals surface area contributed by atoms with Crippen LogP contribution in [0.5, 0.6) is 11.5 Å². The highest BCUT2D eigenvalue weighted by atomic mass is 16.5. The first-order chi connectivity index (χ1) is 14.8. The zero-order chi connectivity index (χ0) is 22.5. The molecule has 6 nitrogen and oxygen atoms in total. The fourth-order valence-corrected chi connectivity index (χ4v) is 3.26. The van der Waals surface area contributed by atoms with Crippen LogP contribution in [0.15, 0.2) is 54.2 Å². The molecule has 1 N–H and O–H groups in total. The van der Waals surface area contributed by atoms with Crippen LogP contribution in [0.1, 0.15) is 40.2 Å². The molecule has 31 heavy (non-hydrogen) atoms. The predicted molar refractivity (Wildman–Crippen MR) is 122 cm³/mol. The van der Waals surface area contributed by atoms with Crippen LogP contribution in [-0.4, -0.2) is 36.0 Å². The molecule has 2 amide bonds. The number of anilines is 1. The zero-order valence-corrected chi connectivity index (χ0v) is 18.8. The molecule has 164 valence electrons. The molecule has 0 bridgehead atoms. The summed E-state index contributed by atoms with van der Waals surface area (Å²) in [6.07, 6.45) is 0.0766. The van der Waals surface area contributed by atoms with E-state index in [0.29, 0.717) is 35.9 Å². The van der Waals surface area contributed by atoms with Crippen LogP contribution in [0.3, 0.4) is 0 Å². The third kappa shape index (κ3) is 5.26. The van der Waals surface area contributed by atoms with Crippen molar-refractivity contribution in [1.29, 1.82) is 0 Å². The molecule has 1 aliphatic rings. The number of imide groups is 1. The molecule has 1 heterocycles. The number of ether oxygens (including phenoxy) is 2. The molecule has 0 saturated heterocycles. The van der Waals surface area contributed by atoms with Crippen LogP contribution < -0.4 is 14.8 Å². The Morgan fingerprint density at radius 2 is 1.48 bits per heavy atom. The lowest BCUT2D eigenvalue weighted by atomic mass is 10.0. The smallest absolute Gasteiger partial charge is 0.278 e. The summed E-state index contributed by atoms with van der Waals surface area (Å²) >= 11 is 0. The number of nitrogens with zero attached hydrogens (tertiary/aromatic N) is 1. The molecule has 0 radical (unpaired) electrons. The van der Waals surface area contributed by atoms with Gasteiger partial charge in [-0.1, -0.05) is 26.0 Å². The van der Waals surface area contributed by atoms with Crippen LogP contribution in [0, 0.1) is 5.92 Å². The fourth-order valence-electron chi connectivity index (χ4n) is 3.26. The minimum absolute atomic E-state index is 0.0766. The lowest BCUT2D eigenvalue weighted by molar-refractivity contribution is -0.136. The van der Waals surface area contributed by atoms with E-state index in [2.05, 4.69) is 19.2 Å². The van der Waals surface area contributed by atoms with Gasteiger partial charge in [-0.05, 0) is 68.7 Å². The number of hydrogen-bond donors (Lipinski definition) is 1. The van der Waals surface area contributed by atoms with Crippen molar-refractivity contribution in [2.75, 3.05) is 18.5 Å². The van der Waals surface area contributed by atoms with Gasteiger partial charge in [0.25, 0.3) is 11.8 Å². The lowest BCUT2D eigenvalue weighted by Crippen LogP contribution is -2.32.